The number of halogens is 2. The van der Waals surface area contributed by atoms with Crippen molar-refractivity contribution >= 4 is 21.9 Å². The molecule has 1 N–H and O–H groups in total. The molecule has 1 aromatic heterocycles. The summed E-state index contributed by atoms with van der Waals surface area (Å²) >= 11 is 3.18. The van der Waals surface area contributed by atoms with E-state index in [2.05, 4.69) is 26.0 Å². The fraction of sp³-hybridized carbons (Fsp3) is 0.250. The molecule has 1 heterocycles. The molecule has 1 aliphatic rings. The van der Waals surface area contributed by atoms with Crippen LogP contribution < -0.4 is 0 Å². The summed E-state index contributed by atoms with van der Waals surface area (Å²) in [6.07, 6.45) is 1.85. The standard InChI is InChI=1S/C12H9BrFN3O2/c13-7-3-4-9(8(14)5-7)17-11(6-1-2-6)15-10(16-17)12(18)19/h3-6H,1-2H2,(H,18,19). The lowest BCUT2D eigenvalue weighted by Gasteiger charge is -2.06. The Hall–Kier alpha value is -1.76. The Balaban J connectivity index is 2.15. The van der Waals surface area contributed by atoms with Crippen molar-refractivity contribution in [1.29, 1.82) is 0 Å². The lowest BCUT2D eigenvalue weighted by Crippen LogP contribution is -2.05. The maximum absolute atomic E-state index is 13.9. The molecule has 5 nitrogen and oxygen atoms in total. The van der Waals surface area contributed by atoms with E-state index in [9.17, 15) is 9.18 Å². The van der Waals surface area contributed by atoms with E-state index in [1.165, 1.54) is 10.7 Å². The molecule has 1 aromatic carbocycles. The molecule has 0 saturated heterocycles. The quantitative estimate of drug-likeness (QED) is 0.942. The number of carboxylic acid groups (broad SMARTS) is 1. The number of hydrogen-bond donors (Lipinski definition) is 1. The maximum Gasteiger partial charge on any atom is 0.375 e. The minimum Gasteiger partial charge on any atom is -0.475 e. The number of carbonyl (C=O) groups is 1. The van der Waals surface area contributed by atoms with Gasteiger partial charge in [-0.2, -0.15) is 0 Å². The Kier molecular flexibility index (Phi) is 2.85. The van der Waals surface area contributed by atoms with Gasteiger partial charge in [-0.15, -0.1) is 5.10 Å². The van der Waals surface area contributed by atoms with Crippen LogP contribution in [0.5, 0.6) is 0 Å². The van der Waals surface area contributed by atoms with Crippen molar-refractivity contribution in [3.63, 3.8) is 0 Å². The Labute approximate surface area is 116 Å². The molecule has 98 valence electrons. The van der Waals surface area contributed by atoms with E-state index in [1.54, 1.807) is 12.1 Å². The van der Waals surface area contributed by atoms with Crippen LogP contribution in [-0.4, -0.2) is 25.8 Å². The van der Waals surface area contributed by atoms with Crippen molar-refractivity contribution in [2.45, 2.75) is 18.8 Å². The van der Waals surface area contributed by atoms with Gasteiger partial charge in [0.1, 0.15) is 17.3 Å². The molecule has 0 radical (unpaired) electrons. The summed E-state index contributed by atoms with van der Waals surface area (Å²) in [5.74, 6) is -1.30. The van der Waals surface area contributed by atoms with Crippen molar-refractivity contribution in [2.75, 3.05) is 0 Å². The first-order valence-electron chi connectivity index (χ1n) is 5.72. The molecule has 0 atom stereocenters. The minimum atomic E-state index is -1.21. The first-order valence-corrected chi connectivity index (χ1v) is 6.51. The van der Waals surface area contributed by atoms with Crippen LogP contribution in [0.1, 0.15) is 35.2 Å². The van der Waals surface area contributed by atoms with Gasteiger partial charge in [-0.05, 0) is 31.0 Å². The molecule has 0 spiro atoms. The predicted molar refractivity (Wildman–Crippen MR) is 68.0 cm³/mol. The molecule has 0 aliphatic heterocycles. The van der Waals surface area contributed by atoms with E-state index in [-0.39, 0.29) is 17.4 Å². The zero-order valence-corrected chi connectivity index (χ0v) is 11.3. The number of rotatable bonds is 3. The molecule has 19 heavy (non-hydrogen) atoms. The van der Waals surface area contributed by atoms with Crippen LogP contribution in [-0.2, 0) is 0 Å². The van der Waals surface area contributed by atoms with Crippen molar-refractivity contribution in [1.82, 2.24) is 14.8 Å². The molecule has 0 amide bonds. The van der Waals surface area contributed by atoms with Crippen LogP contribution in [0.25, 0.3) is 5.69 Å². The van der Waals surface area contributed by atoms with Crippen LogP contribution in [0, 0.1) is 5.82 Å². The zero-order chi connectivity index (χ0) is 13.6. The number of benzene rings is 1. The van der Waals surface area contributed by atoms with E-state index in [0.29, 0.717) is 10.3 Å². The molecule has 1 fully saturated rings. The van der Waals surface area contributed by atoms with Gasteiger partial charge in [0.15, 0.2) is 0 Å². The van der Waals surface area contributed by atoms with E-state index in [4.69, 9.17) is 5.11 Å². The van der Waals surface area contributed by atoms with Crippen molar-refractivity contribution in [3.05, 3.63) is 40.1 Å². The fourth-order valence-electron chi connectivity index (χ4n) is 1.85. The molecule has 0 bridgehead atoms. The van der Waals surface area contributed by atoms with Gasteiger partial charge in [0.25, 0.3) is 5.82 Å². The number of carboxylic acids is 1. The van der Waals surface area contributed by atoms with Crippen molar-refractivity contribution in [3.8, 4) is 5.69 Å². The predicted octanol–water partition coefficient (Wildman–Crippen LogP) is 2.74. The maximum atomic E-state index is 13.9. The van der Waals surface area contributed by atoms with Crippen molar-refractivity contribution in [2.24, 2.45) is 0 Å². The van der Waals surface area contributed by atoms with E-state index in [0.717, 1.165) is 12.8 Å². The summed E-state index contributed by atoms with van der Waals surface area (Å²) in [6, 6.07) is 4.54. The van der Waals surface area contributed by atoms with Gasteiger partial charge < -0.3 is 5.11 Å². The Morgan fingerprint density at radius 3 is 2.79 bits per heavy atom. The molecular weight excluding hydrogens is 317 g/mol. The lowest BCUT2D eigenvalue weighted by molar-refractivity contribution is 0.0683. The summed E-state index contributed by atoms with van der Waals surface area (Å²) in [7, 11) is 0. The molecule has 3 rings (SSSR count). The van der Waals surface area contributed by atoms with Gasteiger partial charge in [0.05, 0.1) is 0 Å². The summed E-state index contributed by atoms with van der Waals surface area (Å²) < 4.78 is 15.9. The first kappa shape index (κ1) is 12.3. The second-order valence-electron chi connectivity index (χ2n) is 4.38. The first-order chi connectivity index (χ1) is 9.06. The minimum absolute atomic E-state index is 0.170. The average Bonchev–Trinajstić information content (AvgIpc) is 3.09. The van der Waals surface area contributed by atoms with Gasteiger partial charge in [0.2, 0.25) is 0 Å². The summed E-state index contributed by atoms with van der Waals surface area (Å²) in [5, 5.41) is 12.8. The molecule has 1 aliphatic carbocycles. The SMILES string of the molecule is O=C(O)c1nc(C2CC2)n(-c2ccc(Br)cc2F)n1. The average molecular weight is 326 g/mol. The number of nitrogens with zero attached hydrogens (tertiary/aromatic N) is 3. The Bertz CT molecular complexity index is 667. The van der Waals surface area contributed by atoms with E-state index in [1.807, 2.05) is 0 Å². The normalized spacial score (nSPS) is 14.6. The van der Waals surface area contributed by atoms with E-state index >= 15 is 0 Å². The second-order valence-corrected chi connectivity index (χ2v) is 5.30. The topological polar surface area (TPSA) is 68.0 Å². The van der Waals surface area contributed by atoms with Gasteiger partial charge in [-0.25, -0.2) is 18.9 Å². The third kappa shape index (κ3) is 2.25. The highest BCUT2D eigenvalue weighted by Gasteiger charge is 2.32. The van der Waals surface area contributed by atoms with Crippen LogP contribution in [0.15, 0.2) is 22.7 Å². The van der Waals surface area contributed by atoms with Gasteiger partial charge in [-0.3, -0.25) is 0 Å². The van der Waals surface area contributed by atoms with Crippen LogP contribution in [0.2, 0.25) is 0 Å². The van der Waals surface area contributed by atoms with Gasteiger partial charge in [-0.1, -0.05) is 15.9 Å². The second kappa shape index (κ2) is 4.41. The molecule has 7 heteroatoms. The zero-order valence-electron chi connectivity index (χ0n) is 9.68. The number of hydrogen-bond acceptors (Lipinski definition) is 3. The Morgan fingerprint density at radius 2 is 2.21 bits per heavy atom. The van der Waals surface area contributed by atoms with Crippen LogP contribution >= 0.6 is 15.9 Å². The summed E-state index contributed by atoms with van der Waals surface area (Å²) in [4.78, 5) is 14.9. The Morgan fingerprint density at radius 1 is 1.47 bits per heavy atom. The van der Waals surface area contributed by atoms with Crippen LogP contribution in [0.4, 0.5) is 4.39 Å². The summed E-state index contributed by atoms with van der Waals surface area (Å²) in [5.41, 5.74) is 0.213. The summed E-state index contributed by atoms with van der Waals surface area (Å²) in [6.45, 7) is 0. The fourth-order valence-corrected chi connectivity index (χ4v) is 2.18. The number of aromatic carboxylic acids is 1. The molecule has 0 unspecified atom stereocenters. The highest BCUT2D eigenvalue weighted by molar-refractivity contribution is 9.10. The molecule has 1 saturated carbocycles. The third-order valence-corrected chi connectivity index (χ3v) is 3.40. The largest absolute Gasteiger partial charge is 0.475 e. The van der Waals surface area contributed by atoms with Gasteiger partial charge >= 0.3 is 5.97 Å². The number of aromatic nitrogens is 3. The molecule has 2 aromatic rings. The van der Waals surface area contributed by atoms with Gasteiger partial charge in [0, 0.05) is 10.4 Å². The van der Waals surface area contributed by atoms with Crippen molar-refractivity contribution < 1.29 is 14.3 Å². The highest BCUT2D eigenvalue weighted by atomic mass is 79.9. The lowest BCUT2D eigenvalue weighted by atomic mass is 10.3. The third-order valence-electron chi connectivity index (χ3n) is 2.90. The van der Waals surface area contributed by atoms with Crippen LogP contribution in [0.3, 0.4) is 0 Å². The molecular formula is C12H9BrFN3O2. The van der Waals surface area contributed by atoms with E-state index < -0.39 is 11.8 Å². The smallest absolute Gasteiger partial charge is 0.375 e. The monoisotopic (exact) mass is 325 g/mol. The highest BCUT2D eigenvalue weighted by Crippen LogP contribution is 2.40.